The Morgan fingerprint density at radius 2 is 0.845 bits per heavy atom. The molecule has 9 heteroatoms. The summed E-state index contributed by atoms with van der Waals surface area (Å²) in [6, 6.07) is -0.771. The van der Waals surface area contributed by atoms with Crippen LogP contribution in [-0.2, 0) is 18.4 Å². The van der Waals surface area contributed by atoms with Crippen molar-refractivity contribution in [2.24, 2.45) is 0 Å². The third-order valence-corrected chi connectivity index (χ3v) is 13.0. The van der Waals surface area contributed by atoms with Crippen LogP contribution in [0.15, 0.2) is 122 Å². The van der Waals surface area contributed by atoms with Crippen molar-refractivity contribution in [2.45, 2.75) is 225 Å². The molecule has 0 saturated heterocycles. The van der Waals surface area contributed by atoms with Crippen LogP contribution < -0.4 is 5.32 Å². The van der Waals surface area contributed by atoms with Gasteiger partial charge in [-0.25, -0.2) is 4.57 Å². The van der Waals surface area contributed by atoms with E-state index in [4.69, 9.17) is 9.05 Å². The minimum absolute atomic E-state index is 0.0671. The molecule has 1 amide bonds. The molecule has 71 heavy (non-hydrogen) atoms. The largest absolute Gasteiger partial charge is 0.472 e. The molecule has 0 spiro atoms. The van der Waals surface area contributed by atoms with E-state index in [0.29, 0.717) is 23.9 Å². The standard InChI is InChI=1S/C62H107N2O6P/c1-6-8-10-12-14-16-18-19-20-21-22-23-24-25-26-27-28-29-30-31-32-33-34-35-36-37-38-39-40-41-42-43-44-45-46-48-50-52-54-56-62(66)63-60(59-70-71(67,68)69-58-57-64(3,4)5)61(65)55-53-51-49-47-17-15-13-11-9-7-2/h8,10,14,16,19-20,22-23,25-26,28-29,31-32,34-35,37-38,40-41,60-61,65H,6-7,9,11-13,15,17-18,21,24,27,30,33,36,39,42-59H2,1-5H3,(H-,63,66,67,68)/p+1/b10-8-,16-14-,20-19-,23-22-,26-25-,29-28-,32-31-,35-34-,38-37-,41-40-. The van der Waals surface area contributed by atoms with Crippen LogP contribution in [-0.4, -0.2) is 73.4 Å². The molecule has 3 N–H and O–H groups in total. The molecule has 0 aliphatic rings. The second kappa shape index (κ2) is 51.8. The highest BCUT2D eigenvalue weighted by atomic mass is 31.2. The number of hydrogen-bond acceptors (Lipinski definition) is 5. The van der Waals surface area contributed by atoms with Crippen molar-refractivity contribution in [3.63, 3.8) is 0 Å². The lowest BCUT2D eigenvalue weighted by atomic mass is 10.0. The van der Waals surface area contributed by atoms with Gasteiger partial charge in [0.15, 0.2) is 0 Å². The maximum atomic E-state index is 12.9. The van der Waals surface area contributed by atoms with Crippen LogP contribution in [0.5, 0.6) is 0 Å². The van der Waals surface area contributed by atoms with Crippen molar-refractivity contribution in [3.8, 4) is 0 Å². The van der Waals surface area contributed by atoms with Gasteiger partial charge in [0.1, 0.15) is 13.2 Å². The first-order chi connectivity index (χ1) is 34.5. The maximum absolute atomic E-state index is 12.9. The lowest BCUT2D eigenvalue weighted by molar-refractivity contribution is -0.870. The number of aliphatic hydroxyl groups is 1. The first-order valence-electron chi connectivity index (χ1n) is 28.4. The lowest BCUT2D eigenvalue weighted by Gasteiger charge is -2.26. The normalized spacial score (nSPS) is 14.9. The van der Waals surface area contributed by atoms with E-state index in [-0.39, 0.29) is 19.1 Å². The van der Waals surface area contributed by atoms with Crippen LogP contribution in [0.2, 0.25) is 0 Å². The number of nitrogens with one attached hydrogen (secondary N) is 1. The molecule has 0 bridgehead atoms. The third kappa shape index (κ3) is 54.5. The number of allylic oxidation sites excluding steroid dienone is 20. The summed E-state index contributed by atoms with van der Waals surface area (Å²) < 4.78 is 23.7. The van der Waals surface area contributed by atoms with Gasteiger partial charge < -0.3 is 19.8 Å². The highest BCUT2D eigenvalue weighted by Gasteiger charge is 2.28. The van der Waals surface area contributed by atoms with Crippen LogP contribution in [0.4, 0.5) is 0 Å². The summed E-state index contributed by atoms with van der Waals surface area (Å²) in [5.74, 6) is -0.160. The minimum atomic E-state index is -4.32. The molecule has 0 aliphatic heterocycles. The lowest BCUT2D eigenvalue weighted by Crippen LogP contribution is -2.46. The first-order valence-corrected chi connectivity index (χ1v) is 29.9. The molecule has 406 valence electrons. The van der Waals surface area contributed by atoms with Crippen molar-refractivity contribution in [2.75, 3.05) is 40.9 Å². The van der Waals surface area contributed by atoms with Crippen molar-refractivity contribution in [1.82, 2.24) is 5.32 Å². The fourth-order valence-electron chi connectivity index (χ4n) is 7.54. The Morgan fingerprint density at radius 3 is 1.24 bits per heavy atom. The second-order valence-electron chi connectivity index (χ2n) is 19.9. The van der Waals surface area contributed by atoms with Gasteiger partial charge in [-0.2, -0.15) is 0 Å². The molecule has 0 aromatic rings. The summed E-state index contributed by atoms with van der Waals surface area (Å²) in [5.41, 5.74) is 0. The third-order valence-electron chi connectivity index (χ3n) is 12.0. The van der Waals surface area contributed by atoms with Crippen LogP contribution >= 0.6 is 7.82 Å². The molecule has 0 aliphatic carbocycles. The maximum Gasteiger partial charge on any atom is 0.472 e. The average molecular weight is 1010 g/mol. The van der Waals surface area contributed by atoms with Gasteiger partial charge in [-0.15, -0.1) is 0 Å². The van der Waals surface area contributed by atoms with Crippen LogP contribution in [0, 0.1) is 0 Å². The predicted octanol–water partition coefficient (Wildman–Crippen LogP) is 17.4. The van der Waals surface area contributed by atoms with Gasteiger partial charge in [0, 0.05) is 6.42 Å². The number of aliphatic hydroxyl groups excluding tert-OH is 1. The highest BCUT2D eigenvalue weighted by molar-refractivity contribution is 7.47. The van der Waals surface area contributed by atoms with Crippen LogP contribution in [0.1, 0.15) is 213 Å². The summed E-state index contributed by atoms with van der Waals surface area (Å²) in [5, 5.41) is 14.0. The molecule has 0 saturated carbocycles. The number of hydrogen-bond donors (Lipinski definition) is 3. The summed E-state index contributed by atoms with van der Waals surface area (Å²) in [6.07, 6.45) is 76.9. The summed E-state index contributed by atoms with van der Waals surface area (Å²) in [6.45, 7) is 4.73. The van der Waals surface area contributed by atoms with E-state index >= 15 is 0 Å². The monoisotopic (exact) mass is 1010 g/mol. The quantitative estimate of drug-likeness (QED) is 0.0243. The number of carbonyl (C=O) groups excluding carboxylic acids is 1. The summed E-state index contributed by atoms with van der Waals surface area (Å²) >= 11 is 0. The van der Waals surface area contributed by atoms with Gasteiger partial charge in [-0.3, -0.25) is 13.8 Å². The summed E-state index contributed by atoms with van der Waals surface area (Å²) in [7, 11) is 1.59. The Kier molecular flexibility index (Phi) is 49.5. The van der Waals surface area contributed by atoms with Gasteiger partial charge in [0.25, 0.3) is 0 Å². The van der Waals surface area contributed by atoms with Crippen molar-refractivity contribution in [3.05, 3.63) is 122 Å². The van der Waals surface area contributed by atoms with Gasteiger partial charge in [0.2, 0.25) is 5.91 Å². The molecule has 8 nitrogen and oxygen atoms in total. The van der Waals surface area contributed by atoms with E-state index < -0.39 is 20.0 Å². The first kappa shape index (κ1) is 67.9. The number of likely N-dealkylation sites (N-methyl/N-ethyl adjacent to an activating group) is 1. The zero-order chi connectivity index (χ0) is 52.0. The Labute approximate surface area is 437 Å². The number of phosphoric ester groups is 1. The number of amides is 1. The van der Waals surface area contributed by atoms with Gasteiger partial charge in [-0.1, -0.05) is 238 Å². The molecule has 0 fully saturated rings. The predicted molar refractivity (Wildman–Crippen MR) is 308 cm³/mol. The molecular formula is C62H108N2O6P+. The highest BCUT2D eigenvalue weighted by Crippen LogP contribution is 2.43. The molecular weight excluding hydrogens is 900 g/mol. The summed E-state index contributed by atoms with van der Waals surface area (Å²) in [4.78, 5) is 23.2. The van der Waals surface area contributed by atoms with Crippen LogP contribution in [0.3, 0.4) is 0 Å². The van der Waals surface area contributed by atoms with E-state index in [1.165, 1.54) is 77.0 Å². The van der Waals surface area contributed by atoms with E-state index in [0.717, 1.165) is 109 Å². The molecule has 0 aromatic heterocycles. The molecule has 0 heterocycles. The molecule has 0 rings (SSSR count). The van der Waals surface area contributed by atoms with E-state index in [1.54, 1.807) is 0 Å². The Hall–Kier alpha value is -3.10. The Morgan fingerprint density at radius 1 is 0.493 bits per heavy atom. The van der Waals surface area contributed by atoms with E-state index in [1.807, 2.05) is 21.1 Å². The minimum Gasteiger partial charge on any atom is -0.391 e. The number of rotatable bonds is 50. The Balaban J connectivity index is 4.07. The number of nitrogens with zero attached hydrogens (tertiary/aromatic N) is 1. The second-order valence-corrected chi connectivity index (χ2v) is 21.4. The zero-order valence-corrected chi connectivity index (χ0v) is 47.1. The molecule has 3 unspecified atom stereocenters. The fraction of sp³-hybridized carbons (Fsp3) is 0.661. The number of phosphoric acid groups is 1. The van der Waals surface area contributed by atoms with Gasteiger partial charge in [0.05, 0.1) is 39.9 Å². The van der Waals surface area contributed by atoms with Crippen molar-refractivity contribution >= 4 is 13.7 Å². The number of quaternary nitrogens is 1. The fourth-order valence-corrected chi connectivity index (χ4v) is 8.28. The van der Waals surface area contributed by atoms with Crippen LogP contribution in [0.25, 0.3) is 0 Å². The van der Waals surface area contributed by atoms with Crippen molar-refractivity contribution in [1.29, 1.82) is 0 Å². The number of unbranched alkanes of at least 4 members (excludes halogenated alkanes) is 17. The average Bonchev–Trinajstić information content (AvgIpc) is 3.33. The van der Waals surface area contributed by atoms with E-state index in [2.05, 4.69) is 141 Å². The van der Waals surface area contributed by atoms with Gasteiger partial charge in [-0.05, 0) is 89.9 Å². The van der Waals surface area contributed by atoms with E-state index in [9.17, 15) is 19.4 Å². The molecule has 0 radical (unpaired) electrons. The Bertz CT molecular complexity index is 1560. The zero-order valence-electron chi connectivity index (χ0n) is 46.2. The smallest absolute Gasteiger partial charge is 0.391 e. The number of carbonyl (C=O) groups is 1. The SMILES string of the molecule is CC/C=C\C/C=C\C/C=C\C/C=C\C/C=C\C/C=C\C/C=C\C/C=C\C/C=C\C/C=C\CCCCCCCCCCC(=O)NC(COP(=O)(O)OCC[N+](C)(C)C)C(O)CCCCCCCCCCCC. The van der Waals surface area contributed by atoms with Crippen molar-refractivity contribution < 1.29 is 32.9 Å². The molecule has 0 aromatic carbocycles. The topological polar surface area (TPSA) is 105 Å². The van der Waals surface area contributed by atoms with Gasteiger partial charge >= 0.3 is 7.82 Å². The molecule has 3 atom stereocenters.